The van der Waals surface area contributed by atoms with Crippen molar-refractivity contribution in [3.8, 4) is 5.75 Å². The van der Waals surface area contributed by atoms with Crippen LogP contribution in [-0.2, 0) is 11.8 Å². The molecule has 0 spiro atoms. The van der Waals surface area contributed by atoms with Crippen molar-refractivity contribution in [1.82, 2.24) is 19.8 Å². The number of halogens is 1. The zero-order valence-electron chi connectivity index (χ0n) is 17.4. The Morgan fingerprint density at radius 1 is 1.43 bits per heavy atom. The third kappa shape index (κ3) is 5.40. The molecule has 3 N–H and O–H groups in total. The fourth-order valence-corrected chi connectivity index (χ4v) is 4.60. The number of nitrogens with zero attached hydrogens (tertiary/aromatic N) is 3. The van der Waals surface area contributed by atoms with Crippen LogP contribution in [0, 0.1) is 0 Å². The van der Waals surface area contributed by atoms with Gasteiger partial charge in [0.05, 0.1) is 35.5 Å². The summed E-state index contributed by atoms with van der Waals surface area (Å²) in [6.07, 6.45) is 4.44. The zero-order chi connectivity index (χ0) is 21.7. The van der Waals surface area contributed by atoms with Crippen molar-refractivity contribution in [3.63, 3.8) is 0 Å². The summed E-state index contributed by atoms with van der Waals surface area (Å²) in [6, 6.07) is 3.01. The van der Waals surface area contributed by atoms with Crippen molar-refractivity contribution in [2.45, 2.75) is 23.7 Å². The molecular weight excluding hydrogens is 426 g/mol. The second kappa shape index (κ2) is 10.4. The molecule has 1 aromatic carbocycles. The summed E-state index contributed by atoms with van der Waals surface area (Å²) >= 11 is 7.83. The van der Waals surface area contributed by atoms with E-state index in [-0.39, 0.29) is 18.1 Å². The maximum absolute atomic E-state index is 12.9. The van der Waals surface area contributed by atoms with E-state index >= 15 is 0 Å². The van der Waals surface area contributed by atoms with E-state index < -0.39 is 0 Å². The van der Waals surface area contributed by atoms with Gasteiger partial charge in [-0.2, -0.15) is 0 Å². The number of likely N-dealkylation sites (tertiary alicyclic amines) is 1. The molecule has 164 valence electrons. The number of hydrogen-bond donors (Lipinski definition) is 2. The minimum Gasteiger partial charge on any atom is -0.496 e. The molecule has 1 aliphatic heterocycles. The molecule has 1 aliphatic rings. The van der Waals surface area contributed by atoms with Crippen LogP contribution in [-0.4, -0.2) is 72.1 Å². The Morgan fingerprint density at radius 2 is 2.23 bits per heavy atom. The van der Waals surface area contributed by atoms with E-state index in [9.17, 15) is 4.79 Å². The Kier molecular flexibility index (Phi) is 7.87. The van der Waals surface area contributed by atoms with Gasteiger partial charge in [0.2, 0.25) is 0 Å². The maximum Gasteiger partial charge on any atom is 0.255 e. The Hall–Kier alpha value is -1.94. The monoisotopic (exact) mass is 453 g/mol. The minimum atomic E-state index is -0.250. The number of anilines is 1. The second-order valence-corrected chi connectivity index (χ2v) is 8.66. The lowest BCUT2D eigenvalue weighted by Crippen LogP contribution is -2.55. The zero-order valence-corrected chi connectivity index (χ0v) is 19.0. The van der Waals surface area contributed by atoms with Gasteiger partial charge in [-0.25, -0.2) is 4.98 Å². The topological polar surface area (TPSA) is 94.6 Å². The Bertz CT molecular complexity index is 878. The van der Waals surface area contributed by atoms with Crippen molar-refractivity contribution >= 4 is 35.0 Å². The molecule has 1 aromatic heterocycles. The Morgan fingerprint density at radius 3 is 2.90 bits per heavy atom. The highest BCUT2D eigenvalue weighted by atomic mass is 35.5. The van der Waals surface area contributed by atoms with Crippen LogP contribution in [0.4, 0.5) is 5.69 Å². The third-order valence-corrected chi connectivity index (χ3v) is 6.61. The Labute approximate surface area is 186 Å². The molecule has 2 heterocycles. The number of rotatable bonds is 8. The van der Waals surface area contributed by atoms with Crippen LogP contribution in [0.3, 0.4) is 0 Å². The minimum absolute atomic E-state index is 0.0954. The number of ether oxygens (including phenoxy) is 2. The first kappa shape index (κ1) is 22.7. The molecule has 8 nitrogen and oxygen atoms in total. The summed E-state index contributed by atoms with van der Waals surface area (Å²) < 4.78 is 13.0. The standard InChI is InChI=1S/C20H28ClN5O3S/c1-25-7-5-23-20(25)30-9-8-26-6-4-16(18(12-26)29-3)24-19(27)13-10-14(21)15(22)11-17(13)28-2/h5,7,10-11,16,18H,4,6,8-9,12,22H2,1-3H3,(H,24,27)/t16-,18+/m0/s1. The van der Waals surface area contributed by atoms with Gasteiger partial charge in [-0.15, -0.1) is 0 Å². The van der Waals surface area contributed by atoms with Gasteiger partial charge in [0.1, 0.15) is 5.75 Å². The quantitative estimate of drug-likeness (QED) is 0.467. The first-order valence-corrected chi connectivity index (χ1v) is 11.1. The fourth-order valence-electron chi connectivity index (χ4n) is 3.51. The third-order valence-electron chi connectivity index (χ3n) is 5.24. The average molecular weight is 454 g/mol. The maximum atomic E-state index is 12.9. The molecule has 1 saturated heterocycles. The van der Waals surface area contributed by atoms with Crippen LogP contribution in [0.15, 0.2) is 29.7 Å². The number of carbonyl (C=O) groups is 1. The number of hydrogen-bond acceptors (Lipinski definition) is 7. The number of carbonyl (C=O) groups excluding carboxylic acids is 1. The van der Waals surface area contributed by atoms with Gasteiger partial charge in [-0.3, -0.25) is 9.69 Å². The van der Waals surface area contributed by atoms with Gasteiger partial charge in [0.15, 0.2) is 5.16 Å². The highest BCUT2D eigenvalue weighted by Gasteiger charge is 2.31. The number of amides is 1. The number of piperidine rings is 1. The largest absolute Gasteiger partial charge is 0.496 e. The summed E-state index contributed by atoms with van der Waals surface area (Å²) in [6.45, 7) is 2.56. The van der Waals surface area contributed by atoms with Gasteiger partial charge in [0.25, 0.3) is 5.91 Å². The van der Waals surface area contributed by atoms with Crippen LogP contribution in [0.2, 0.25) is 5.02 Å². The molecule has 0 unspecified atom stereocenters. The van der Waals surface area contributed by atoms with Gasteiger partial charge in [-0.05, 0) is 12.5 Å². The first-order valence-electron chi connectivity index (χ1n) is 9.72. The SMILES string of the molecule is COc1cc(N)c(Cl)cc1C(=O)N[C@H]1CCN(CCSc2nccn2C)C[C@H]1OC. The van der Waals surface area contributed by atoms with Crippen LogP contribution < -0.4 is 15.8 Å². The number of nitrogen functional groups attached to an aromatic ring is 1. The number of nitrogens with two attached hydrogens (primary N) is 1. The predicted octanol–water partition coefficient (Wildman–Crippen LogP) is 2.28. The highest BCUT2D eigenvalue weighted by Crippen LogP contribution is 2.29. The lowest BCUT2D eigenvalue weighted by Gasteiger charge is -2.38. The van der Waals surface area contributed by atoms with Crippen molar-refractivity contribution < 1.29 is 14.3 Å². The summed E-state index contributed by atoms with van der Waals surface area (Å²) in [5, 5.41) is 4.41. The predicted molar refractivity (Wildman–Crippen MR) is 119 cm³/mol. The van der Waals surface area contributed by atoms with Crippen molar-refractivity contribution in [1.29, 1.82) is 0 Å². The van der Waals surface area contributed by atoms with Gasteiger partial charge in [-0.1, -0.05) is 23.4 Å². The first-order chi connectivity index (χ1) is 14.4. The number of aryl methyl sites for hydroxylation is 1. The van der Waals surface area contributed by atoms with Gasteiger partial charge < -0.3 is 25.1 Å². The fraction of sp³-hybridized carbons (Fsp3) is 0.500. The summed E-state index contributed by atoms with van der Waals surface area (Å²) in [5.41, 5.74) is 6.54. The van der Waals surface area contributed by atoms with E-state index in [0.717, 1.165) is 37.0 Å². The lowest BCUT2D eigenvalue weighted by molar-refractivity contribution is 0.00833. The molecule has 3 rings (SSSR count). The smallest absolute Gasteiger partial charge is 0.255 e. The number of aromatic nitrogens is 2. The van der Waals surface area contributed by atoms with Crippen molar-refractivity contribution in [2.24, 2.45) is 7.05 Å². The molecule has 10 heteroatoms. The molecule has 30 heavy (non-hydrogen) atoms. The second-order valence-electron chi connectivity index (χ2n) is 7.19. The molecule has 0 saturated carbocycles. The van der Waals surface area contributed by atoms with Crippen LogP contribution in [0.1, 0.15) is 16.8 Å². The normalized spacial score (nSPS) is 19.6. The van der Waals surface area contributed by atoms with Crippen molar-refractivity contribution in [2.75, 3.05) is 45.3 Å². The van der Waals surface area contributed by atoms with Gasteiger partial charge >= 0.3 is 0 Å². The van der Waals surface area contributed by atoms with E-state index in [1.165, 1.54) is 13.2 Å². The van der Waals surface area contributed by atoms with E-state index in [1.54, 1.807) is 31.1 Å². The number of nitrogens with one attached hydrogen (secondary N) is 1. The molecule has 2 atom stereocenters. The van der Waals surface area contributed by atoms with E-state index in [0.29, 0.717) is 22.0 Å². The molecule has 0 aliphatic carbocycles. The van der Waals surface area contributed by atoms with Crippen LogP contribution >= 0.6 is 23.4 Å². The average Bonchev–Trinajstić information content (AvgIpc) is 3.15. The summed E-state index contributed by atoms with van der Waals surface area (Å²) in [4.78, 5) is 19.6. The van der Waals surface area contributed by atoms with E-state index in [4.69, 9.17) is 26.8 Å². The number of imidazole rings is 1. The van der Waals surface area contributed by atoms with E-state index in [1.807, 2.05) is 17.8 Å². The lowest BCUT2D eigenvalue weighted by atomic mass is 10.0. The summed E-state index contributed by atoms with van der Waals surface area (Å²) in [7, 11) is 5.17. The Balaban J connectivity index is 1.56. The molecule has 0 radical (unpaired) electrons. The van der Waals surface area contributed by atoms with E-state index in [2.05, 4.69) is 15.2 Å². The van der Waals surface area contributed by atoms with Gasteiger partial charge in [0, 0.05) is 58.0 Å². The molecule has 1 fully saturated rings. The summed E-state index contributed by atoms with van der Waals surface area (Å²) in [5.74, 6) is 1.09. The van der Waals surface area contributed by atoms with Crippen LogP contribution in [0.25, 0.3) is 0 Å². The number of methoxy groups -OCH3 is 2. The van der Waals surface area contributed by atoms with Crippen LogP contribution in [0.5, 0.6) is 5.75 Å². The molecule has 0 bridgehead atoms. The number of thioether (sulfide) groups is 1. The molecular formula is C20H28ClN5O3S. The number of benzene rings is 1. The highest BCUT2D eigenvalue weighted by molar-refractivity contribution is 7.99. The van der Waals surface area contributed by atoms with Crippen molar-refractivity contribution in [3.05, 3.63) is 35.1 Å². The molecule has 2 aromatic rings. The molecule has 1 amide bonds.